The van der Waals surface area contributed by atoms with Gasteiger partial charge in [-0.15, -0.1) is 0 Å². The predicted molar refractivity (Wildman–Crippen MR) is 58.9 cm³/mol. The van der Waals surface area contributed by atoms with Crippen LogP contribution in [0.25, 0.3) is 0 Å². The van der Waals surface area contributed by atoms with Gasteiger partial charge in [-0.2, -0.15) is 13.2 Å². The maximum absolute atomic E-state index is 12.5. The van der Waals surface area contributed by atoms with Gasteiger partial charge in [0.05, 0.1) is 5.92 Å². The van der Waals surface area contributed by atoms with Crippen LogP contribution in [0.15, 0.2) is 0 Å². The van der Waals surface area contributed by atoms with Crippen molar-refractivity contribution >= 4 is 5.97 Å². The molecule has 0 aromatic carbocycles. The van der Waals surface area contributed by atoms with Crippen molar-refractivity contribution in [3.63, 3.8) is 0 Å². The van der Waals surface area contributed by atoms with Crippen molar-refractivity contribution in [3.05, 3.63) is 0 Å². The van der Waals surface area contributed by atoms with E-state index in [1.807, 2.05) is 0 Å². The quantitative estimate of drug-likeness (QED) is 0.827. The van der Waals surface area contributed by atoms with Gasteiger partial charge < -0.3 is 10.2 Å². The maximum Gasteiger partial charge on any atom is 0.391 e. The fraction of sp³-hybridized carbons (Fsp3) is 0.917. The molecule has 3 nitrogen and oxygen atoms in total. The van der Waals surface area contributed by atoms with Gasteiger partial charge >= 0.3 is 12.1 Å². The lowest BCUT2D eigenvalue weighted by Gasteiger charge is -2.40. The monoisotopic (exact) mass is 268 g/mol. The van der Waals surface area contributed by atoms with Gasteiger partial charge in [0.1, 0.15) is 0 Å². The van der Waals surface area contributed by atoms with Crippen molar-refractivity contribution < 1.29 is 28.2 Å². The molecule has 0 amide bonds. The van der Waals surface area contributed by atoms with Crippen molar-refractivity contribution in [1.82, 2.24) is 0 Å². The number of carbonyl (C=O) groups is 1. The fourth-order valence-corrected chi connectivity index (χ4v) is 2.75. The zero-order chi connectivity index (χ0) is 14.1. The zero-order valence-corrected chi connectivity index (χ0v) is 10.5. The summed E-state index contributed by atoms with van der Waals surface area (Å²) in [5, 5.41) is 19.3. The first-order valence-electron chi connectivity index (χ1n) is 6.12. The zero-order valence-electron chi connectivity index (χ0n) is 10.5. The topological polar surface area (TPSA) is 57.5 Å². The van der Waals surface area contributed by atoms with Crippen molar-refractivity contribution in [1.29, 1.82) is 0 Å². The highest BCUT2D eigenvalue weighted by Gasteiger charge is 2.50. The summed E-state index contributed by atoms with van der Waals surface area (Å²) in [6.45, 7) is 3.15. The number of halogens is 3. The number of alkyl halides is 3. The van der Waals surface area contributed by atoms with Gasteiger partial charge in [-0.05, 0) is 37.5 Å². The second kappa shape index (κ2) is 5.07. The minimum atomic E-state index is -4.22. The molecule has 2 N–H and O–H groups in total. The molecular weight excluding hydrogens is 249 g/mol. The molecule has 0 spiro atoms. The number of rotatable bonds is 3. The van der Waals surface area contributed by atoms with E-state index in [2.05, 4.69) is 0 Å². The Labute approximate surface area is 104 Å². The Morgan fingerprint density at radius 1 is 1.11 bits per heavy atom. The first-order chi connectivity index (χ1) is 8.10. The van der Waals surface area contributed by atoms with Crippen LogP contribution in [0.4, 0.5) is 13.2 Å². The van der Waals surface area contributed by atoms with Crippen LogP contribution in [0, 0.1) is 17.8 Å². The van der Waals surface area contributed by atoms with Crippen LogP contribution in [-0.4, -0.2) is 28.0 Å². The van der Waals surface area contributed by atoms with Crippen LogP contribution in [-0.2, 0) is 4.79 Å². The highest BCUT2D eigenvalue weighted by Crippen LogP contribution is 2.44. The first kappa shape index (κ1) is 15.3. The highest BCUT2D eigenvalue weighted by atomic mass is 19.4. The smallest absolute Gasteiger partial charge is 0.391 e. The molecular formula is C12H19F3O3. The largest absolute Gasteiger partial charge is 0.479 e. The molecule has 0 radical (unpaired) electrons. The Bertz CT molecular complexity index is 306. The van der Waals surface area contributed by atoms with E-state index in [4.69, 9.17) is 5.11 Å². The third kappa shape index (κ3) is 2.79. The Balaban J connectivity index is 2.75. The number of carboxylic acids is 1. The average Bonchev–Trinajstić information content (AvgIpc) is 2.26. The molecule has 0 aromatic heterocycles. The summed E-state index contributed by atoms with van der Waals surface area (Å²) in [6.07, 6.45) is -4.21. The SMILES string of the molecule is CC(C)C(O)(C(=O)O)C1CCC(C(F)(F)F)CC1. The van der Waals surface area contributed by atoms with Crippen LogP contribution in [0.2, 0.25) is 0 Å². The number of aliphatic carboxylic acids is 1. The summed E-state index contributed by atoms with van der Waals surface area (Å²) in [6, 6.07) is 0. The van der Waals surface area contributed by atoms with Gasteiger partial charge in [0.25, 0.3) is 0 Å². The Morgan fingerprint density at radius 2 is 1.50 bits per heavy atom. The normalized spacial score (nSPS) is 29.1. The molecule has 1 aliphatic rings. The third-order valence-corrected chi connectivity index (χ3v) is 4.04. The minimum Gasteiger partial charge on any atom is -0.479 e. The van der Waals surface area contributed by atoms with Crippen molar-refractivity contribution in [2.75, 3.05) is 0 Å². The summed E-state index contributed by atoms with van der Waals surface area (Å²) in [5.74, 6) is -3.83. The van der Waals surface area contributed by atoms with Crippen LogP contribution >= 0.6 is 0 Å². The Morgan fingerprint density at radius 3 is 1.78 bits per heavy atom. The van der Waals surface area contributed by atoms with E-state index in [0.717, 1.165) is 0 Å². The van der Waals surface area contributed by atoms with Gasteiger partial charge in [0.2, 0.25) is 0 Å². The molecule has 0 aliphatic heterocycles. The standard InChI is InChI=1S/C12H19F3O3/c1-7(2)11(18,10(16)17)8-3-5-9(6-4-8)12(13,14)15/h7-9,18H,3-6H2,1-2H3,(H,16,17). The summed E-state index contributed by atoms with van der Waals surface area (Å²) < 4.78 is 37.5. The Kier molecular flexibility index (Phi) is 4.30. The van der Waals surface area contributed by atoms with Crippen LogP contribution in [0.5, 0.6) is 0 Å². The number of aliphatic hydroxyl groups is 1. The molecule has 0 aromatic rings. The average molecular weight is 268 g/mol. The third-order valence-electron chi connectivity index (χ3n) is 4.04. The van der Waals surface area contributed by atoms with E-state index in [-0.39, 0.29) is 25.7 Å². The van der Waals surface area contributed by atoms with E-state index in [9.17, 15) is 23.1 Å². The number of hydrogen-bond donors (Lipinski definition) is 2. The van der Waals surface area contributed by atoms with E-state index in [1.165, 1.54) is 0 Å². The molecule has 1 atom stereocenters. The lowest BCUT2D eigenvalue weighted by atomic mass is 9.69. The number of hydrogen-bond acceptors (Lipinski definition) is 2. The lowest BCUT2D eigenvalue weighted by molar-refractivity contribution is -0.195. The van der Waals surface area contributed by atoms with Crippen LogP contribution < -0.4 is 0 Å². The predicted octanol–water partition coefficient (Wildman–Crippen LogP) is 2.83. The summed E-state index contributed by atoms with van der Waals surface area (Å²) in [7, 11) is 0. The van der Waals surface area contributed by atoms with E-state index >= 15 is 0 Å². The van der Waals surface area contributed by atoms with Gasteiger partial charge in [-0.1, -0.05) is 13.8 Å². The molecule has 1 rings (SSSR count). The number of carboxylic acid groups (broad SMARTS) is 1. The molecule has 1 unspecified atom stereocenters. The molecule has 1 fully saturated rings. The van der Waals surface area contributed by atoms with Crippen molar-refractivity contribution in [3.8, 4) is 0 Å². The first-order valence-corrected chi connectivity index (χ1v) is 6.12. The molecule has 106 valence electrons. The van der Waals surface area contributed by atoms with Crippen molar-refractivity contribution in [2.24, 2.45) is 17.8 Å². The van der Waals surface area contributed by atoms with Gasteiger partial charge in [0, 0.05) is 0 Å². The molecule has 0 bridgehead atoms. The Hall–Kier alpha value is -0.780. The van der Waals surface area contributed by atoms with E-state index in [1.54, 1.807) is 13.8 Å². The molecule has 6 heteroatoms. The minimum absolute atomic E-state index is 0.101. The van der Waals surface area contributed by atoms with Crippen molar-refractivity contribution in [2.45, 2.75) is 51.3 Å². The molecule has 1 saturated carbocycles. The highest BCUT2D eigenvalue weighted by molar-refractivity contribution is 5.78. The van der Waals surface area contributed by atoms with Crippen LogP contribution in [0.1, 0.15) is 39.5 Å². The van der Waals surface area contributed by atoms with Gasteiger partial charge in [-0.3, -0.25) is 0 Å². The molecule has 18 heavy (non-hydrogen) atoms. The molecule has 0 saturated heterocycles. The summed E-state index contributed by atoms with van der Waals surface area (Å²) >= 11 is 0. The van der Waals surface area contributed by atoms with E-state index in [0.29, 0.717) is 0 Å². The van der Waals surface area contributed by atoms with Gasteiger partial charge in [-0.25, -0.2) is 4.79 Å². The second-order valence-electron chi connectivity index (χ2n) is 5.38. The lowest BCUT2D eigenvalue weighted by Crippen LogP contribution is -2.51. The molecule has 1 aliphatic carbocycles. The summed E-state index contributed by atoms with van der Waals surface area (Å²) in [5.41, 5.74) is -1.92. The molecule has 0 heterocycles. The van der Waals surface area contributed by atoms with E-state index < -0.39 is 35.5 Å². The fourth-order valence-electron chi connectivity index (χ4n) is 2.75. The second-order valence-corrected chi connectivity index (χ2v) is 5.38. The summed E-state index contributed by atoms with van der Waals surface area (Å²) in [4.78, 5) is 11.2. The maximum atomic E-state index is 12.5. The van der Waals surface area contributed by atoms with Gasteiger partial charge in [0.15, 0.2) is 5.60 Å². The van der Waals surface area contributed by atoms with Crippen LogP contribution in [0.3, 0.4) is 0 Å².